The Hall–Kier alpha value is -7.85. The molecular weight excluding hydrogens is 819 g/mol. The quantitative estimate of drug-likeness (QED) is 0.150. The third kappa shape index (κ3) is 7.46. The van der Waals surface area contributed by atoms with E-state index in [0.717, 1.165) is 73.9 Å². The molecule has 2 aromatic heterocycles. The van der Waals surface area contributed by atoms with E-state index < -0.39 is 23.5 Å². The van der Waals surface area contributed by atoms with Crippen LogP contribution in [0.25, 0.3) is 95.0 Å². The van der Waals surface area contributed by atoms with Gasteiger partial charge in [0, 0.05) is 38.6 Å². The number of nitrogens with zero attached hydrogens (tertiary/aromatic N) is 4. The fourth-order valence-corrected chi connectivity index (χ4v) is 8.34. The molecule has 10 heteroatoms. The lowest BCUT2D eigenvalue weighted by Crippen LogP contribution is -2.06. The molecule has 0 saturated heterocycles. The Labute approximate surface area is 363 Å². The molecule has 0 saturated carbocycles. The molecule has 0 bridgehead atoms. The molecule has 0 N–H and O–H groups in total. The minimum atomic E-state index is -4.59. The largest absolute Gasteiger partial charge is 0.416 e. The van der Waals surface area contributed by atoms with Crippen LogP contribution in [-0.4, -0.2) is 19.5 Å². The van der Waals surface area contributed by atoms with E-state index in [9.17, 15) is 26.3 Å². The third-order valence-corrected chi connectivity index (χ3v) is 11.5. The number of para-hydroxylation sites is 1. The van der Waals surface area contributed by atoms with Gasteiger partial charge in [-0.2, -0.15) is 26.3 Å². The number of benzene rings is 8. The summed E-state index contributed by atoms with van der Waals surface area (Å²) in [5, 5.41) is 1.82. The van der Waals surface area contributed by atoms with Crippen LogP contribution >= 0.6 is 0 Å². The fourth-order valence-electron chi connectivity index (χ4n) is 8.34. The molecule has 64 heavy (non-hydrogen) atoms. The van der Waals surface area contributed by atoms with Crippen molar-refractivity contribution in [2.75, 3.05) is 0 Å². The number of alkyl halides is 6. The van der Waals surface area contributed by atoms with Crippen LogP contribution in [0, 0.1) is 6.92 Å². The number of aryl methyl sites for hydroxylation is 1. The number of hydrogen-bond acceptors (Lipinski definition) is 3. The number of rotatable bonds is 7. The van der Waals surface area contributed by atoms with Gasteiger partial charge in [0.1, 0.15) is 0 Å². The van der Waals surface area contributed by atoms with Crippen LogP contribution in [0.15, 0.2) is 188 Å². The van der Waals surface area contributed by atoms with E-state index in [0.29, 0.717) is 45.2 Å². The summed E-state index contributed by atoms with van der Waals surface area (Å²) in [6.45, 7) is 2.05. The maximum atomic E-state index is 14.1. The minimum absolute atomic E-state index is 0.255. The predicted octanol–water partition coefficient (Wildman–Crippen LogP) is 15.3. The van der Waals surface area contributed by atoms with Crippen molar-refractivity contribution in [2.24, 2.45) is 0 Å². The van der Waals surface area contributed by atoms with Crippen LogP contribution in [0.5, 0.6) is 0 Å². The zero-order valence-electron chi connectivity index (χ0n) is 34.0. The first-order valence-corrected chi connectivity index (χ1v) is 20.4. The molecular formula is C54H34F6N4. The van der Waals surface area contributed by atoms with Gasteiger partial charge in [0.25, 0.3) is 0 Å². The van der Waals surface area contributed by atoms with Gasteiger partial charge in [0.2, 0.25) is 0 Å². The summed E-state index contributed by atoms with van der Waals surface area (Å²) in [5.74, 6) is 1.02. The highest BCUT2D eigenvalue weighted by Gasteiger charge is 2.32. The molecule has 0 unspecified atom stereocenters. The van der Waals surface area contributed by atoms with E-state index in [1.807, 2.05) is 126 Å². The average Bonchev–Trinajstić information content (AvgIpc) is 3.64. The summed E-state index contributed by atoms with van der Waals surface area (Å²) in [4.78, 5) is 14.8. The normalized spacial score (nSPS) is 12.0. The summed E-state index contributed by atoms with van der Waals surface area (Å²) in [6, 6.07) is 54.4. The van der Waals surface area contributed by atoms with Crippen LogP contribution in [-0.2, 0) is 12.4 Å². The van der Waals surface area contributed by atoms with Crippen LogP contribution in [0.3, 0.4) is 0 Å². The molecule has 0 atom stereocenters. The van der Waals surface area contributed by atoms with Crippen molar-refractivity contribution < 1.29 is 26.3 Å². The zero-order valence-corrected chi connectivity index (χ0v) is 34.0. The zero-order chi connectivity index (χ0) is 44.2. The first-order chi connectivity index (χ1) is 30.9. The van der Waals surface area contributed by atoms with Crippen molar-refractivity contribution in [3.05, 3.63) is 205 Å². The first kappa shape index (κ1) is 40.2. The maximum Gasteiger partial charge on any atom is 0.416 e. The van der Waals surface area contributed by atoms with Gasteiger partial charge in [0.05, 0.1) is 27.8 Å². The fraction of sp³-hybridized carbons (Fsp3) is 0.0556. The van der Waals surface area contributed by atoms with E-state index >= 15 is 0 Å². The lowest BCUT2D eigenvalue weighted by molar-refractivity contribution is -0.138. The predicted molar refractivity (Wildman–Crippen MR) is 242 cm³/mol. The van der Waals surface area contributed by atoms with Crippen molar-refractivity contribution in [2.45, 2.75) is 19.3 Å². The average molecular weight is 853 g/mol. The van der Waals surface area contributed by atoms with Crippen molar-refractivity contribution in [3.63, 3.8) is 0 Å². The van der Waals surface area contributed by atoms with Crippen LogP contribution in [0.4, 0.5) is 26.3 Å². The SMILES string of the molecule is Cc1ccccc1-c1ccc2c(c1)c1ccccc1n2-c1c(-c2ccc(C(F)(F)F)cc2)cc(-c2nc(-c3ccccc3)nc(-c3ccccc3)n2)cc1-c1ccc(C(F)(F)F)cc1. The van der Waals surface area contributed by atoms with E-state index in [1.54, 1.807) is 0 Å². The lowest BCUT2D eigenvalue weighted by Gasteiger charge is -2.21. The summed E-state index contributed by atoms with van der Waals surface area (Å²) in [7, 11) is 0. The highest BCUT2D eigenvalue weighted by atomic mass is 19.4. The van der Waals surface area contributed by atoms with Crippen molar-refractivity contribution >= 4 is 21.8 Å². The van der Waals surface area contributed by atoms with Crippen molar-refractivity contribution in [3.8, 4) is 73.2 Å². The summed E-state index contributed by atoms with van der Waals surface area (Å²) >= 11 is 0. The van der Waals surface area contributed by atoms with Crippen LogP contribution in [0.1, 0.15) is 16.7 Å². The van der Waals surface area contributed by atoms with Crippen LogP contribution in [0.2, 0.25) is 0 Å². The first-order valence-electron chi connectivity index (χ1n) is 20.4. The molecule has 0 aliphatic carbocycles. The van der Waals surface area contributed by atoms with Crippen molar-refractivity contribution in [1.29, 1.82) is 0 Å². The monoisotopic (exact) mass is 852 g/mol. The minimum Gasteiger partial charge on any atom is -0.308 e. The Morgan fingerprint density at radius 1 is 0.359 bits per heavy atom. The lowest BCUT2D eigenvalue weighted by atomic mass is 9.91. The summed E-state index contributed by atoms with van der Waals surface area (Å²) < 4.78 is 86.6. The molecule has 10 rings (SSSR count). The number of fused-ring (bicyclic) bond motifs is 3. The second-order valence-corrected chi connectivity index (χ2v) is 15.5. The van der Waals surface area contributed by atoms with Crippen molar-refractivity contribution in [1.82, 2.24) is 19.5 Å². The molecule has 2 heterocycles. The highest BCUT2D eigenvalue weighted by Crippen LogP contribution is 2.45. The Kier molecular flexibility index (Phi) is 9.94. The molecule has 0 amide bonds. The topological polar surface area (TPSA) is 43.6 Å². The molecule has 0 aliphatic heterocycles. The standard InChI is InChI=1S/C54H34F6N4/c1-33-12-8-9-17-42(33)38-24-29-48-46(30-38)43-18-10-11-19-47(43)64(48)49-44(34-20-25-40(26-21-34)53(55,56)57)31-39(32-45(49)35-22-27-41(28-23-35)54(58,59)60)52-62-50(36-13-4-2-5-14-36)61-51(63-52)37-15-6-3-7-16-37/h2-32H,1H3. The van der Waals surface area contributed by atoms with Gasteiger partial charge in [-0.1, -0.05) is 133 Å². The summed E-state index contributed by atoms with van der Waals surface area (Å²) in [6.07, 6.45) is -9.19. The molecule has 0 radical (unpaired) electrons. The Morgan fingerprint density at radius 2 is 0.797 bits per heavy atom. The van der Waals surface area contributed by atoms with E-state index in [1.165, 1.54) is 24.3 Å². The van der Waals surface area contributed by atoms with Gasteiger partial charge in [-0.25, -0.2) is 15.0 Å². The molecule has 0 fully saturated rings. The second-order valence-electron chi connectivity index (χ2n) is 15.5. The van der Waals surface area contributed by atoms with Gasteiger partial charge in [-0.05, 0) is 89.3 Å². The molecule has 8 aromatic carbocycles. The van der Waals surface area contributed by atoms with Gasteiger partial charge >= 0.3 is 12.4 Å². The van der Waals surface area contributed by atoms with E-state index in [4.69, 9.17) is 15.0 Å². The maximum absolute atomic E-state index is 14.1. The second kappa shape index (κ2) is 15.8. The molecule has 10 aromatic rings. The van der Waals surface area contributed by atoms with E-state index in [-0.39, 0.29) is 5.82 Å². The Bertz CT molecular complexity index is 3200. The summed E-state index contributed by atoms with van der Waals surface area (Å²) in [5.41, 5.74) is 7.37. The Morgan fingerprint density at radius 3 is 1.31 bits per heavy atom. The highest BCUT2D eigenvalue weighted by molar-refractivity contribution is 6.12. The molecule has 0 aliphatic rings. The van der Waals surface area contributed by atoms with Gasteiger partial charge in [-0.15, -0.1) is 0 Å². The smallest absolute Gasteiger partial charge is 0.308 e. The molecule has 312 valence electrons. The number of hydrogen-bond donors (Lipinski definition) is 0. The van der Waals surface area contributed by atoms with Crippen LogP contribution < -0.4 is 0 Å². The van der Waals surface area contributed by atoms with Gasteiger partial charge in [-0.3, -0.25) is 0 Å². The number of aromatic nitrogens is 4. The van der Waals surface area contributed by atoms with Gasteiger partial charge < -0.3 is 4.57 Å². The Balaban J connectivity index is 1.32. The molecule has 4 nitrogen and oxygen atoms in total. The third-order valence-electron chi connectivity index (χ3n) is 11.5. The van der Waals surface area contributed by atoms with Gasteiger partial charge in [0.15, 0.2) is 17.5 Å². The molecule has 0 spiro atoms. The number of halogens is 6. The van der Waals surface area contributed by atoms with E-state index in [2.05, 4.69) is 25.1 Å².